The summed E-state index contributed by atoms with van der Waals surface area (Å²) in [5.41, 5.74) is 1.90. The van der Waals surface area contributed by atoms with Crippen molar-refractivity contribution in [3.05, 3.63) is 65.7 Å². The maximum Gasteiger partial charge on any atom is 0.253 e. The van der Waals surface area contributed by atoms with E-state index in [1.807, 2.05) is 30.3 Å². The average molecular weight is 401 g/mol. The van der Waals surface area contributed by atoms with Gasteiger partial charge in [0.2, 0.25) is 5.91 Å². The summed E-state index contributed by atoms with van der Waals surface area (Å²) in [7, 11) is -3.11. The summed E-state index contributed by atoms with van der Waals surface area (Å²) in [5.74, 6) is -0.509. The Labute approximate surface area is 165 Å². The van der Waals surface area contributed by atoms with E-state index in [4.69, 9.17) is 0 Å². The Morgan fingerprint density at radius 3 is 2.39 bits per heavy atom. The van der Waals surface area contributed by atoms with E-state index in [1.54, 1.807) is 29.2 Å². The molecule has 1 aliphatic rings. The van der Waals surface area contributed by atoms with Crippen molar-refractivity contribution in [1.82, 2.24) is 4.90 Å². The fourth-order valence-electron chi connectivity index (χ4n) is 3.37. The fraction of sp³-hybridized carbons (Fsp3) is 0.333. The van der Waals surface area contributed by atoms with Crippen LogP contribution in [0.3, 0.4) is 0 Å². The number of nitrogens with zero attached hydrogens (tertiary/aromatic N) is 1. The number of piperidine rings is 1. The lowest BCUT2D eigenvalue weighted by molar-refractivity contribution is -0.121. The molecule has 3 rings (SSSR count). The SMILES string of the molecule is CS(=O)(=O)Cc1ccc(C(=O)N2CCC[C@@H](C(=O)Nc3ccccc3)C2)cc1. The minimum Gasteiger partial charge on any atom is -0.338 e. The Kier molecular flexibility index (Phi) is 6.14. The van der Waals surface area contributed by atoms with Gasteiger partial charge >= 0.3 is 0 Å². The van der Waals surface area contributed by atoms with Crippen molar-refractivity contribution in [1.29, 1.82) is 0 Å². The third-order valence-electron chi connectivity index (χ3n) is 4.75. The maximum atomic E-state index is 12.8. The van der Waals surface area contributed by atoms with E-state index >= 15 is 0 Å². The number of amides is 2. The zero-order valence-electron chi connectivity index (χ0n) is 15.8. The summed E-state index contributed by atoms with van der Waals surface area (Å²) in [6, 6.07) is 15.9. The molecule has 0 radical (unpaired) electrons. The molecule has 7 heteroatoms. The molecule has 0 unspecified atom stereocenters. The van der Waals surface area contributed by atoms with Crippen molar-refractivity contribution in [2.45, 2.75) is 18.6 Å². The van der Waals surface area contributed by atoms with E-state index in [-0.39, 0.29) is 23.5 Å². The van der Waals surface area contributed by atoms with Gasteiger partial charge in [-0.05, 0) is 42.7 Å². The molecule has 1 fully saturated rings. The second-order valence-corrected chi connectivity index (χ2v) is 9.35. The van der Waals surface area contributed by atoms with E-state index in [0.717, 1.165) is 18.5 Å². The summed E-state index contributed by atoms with van der Waals surface area (Å²) in [6.07, 6.45) is 2.70. The van der Waals surface area contributed by atoms with Gasteiger partial charge in [0.15, 0.2) is 9.84 Å². The van der Waals surface area contributed by atoms with Crippen molar-refractivity contribution in [3.8, 4) is 0 Å². The Morgan fingerprint density at radius 1 is 1.07 bits per heavy atom. The molecular formula is C21H24N2O4S. The van der Waals surface area contributed by atoms with Crippen molar-refractivity contribution < 1.29 is 18.0 Å². The molecule has 148 valence electrons. The third-order valence-corrected chi connectivity index (χ3v) is 5.61. The number of likely N-dealkylation sites (tertiary alicyclic amines) is 1. The van der Waals surface area contributed by atoms with Gasteiger partial charge in [-0.15, -0.1) is 0 Å². The molecular weight excluding hydrogens is 376 g/mol. The van der Waals surface area contributed by atoms with Crippen LogP contribution in [0.5, 0.6) is 0 Å². The van der Waals surface area contributed by atoms with Gasteiger partial charge in [-0.1, -0.05) is 30.3 Å². The first-order valence-corrected chi connectivity index (χ1v) is 11.3. The zero-order chi connectivity index (χ0) is 20.1. The molecule has 6 nitrogen and oxygen atoms in total. The number of para-hydroxylation sites is 1. The summed E-state index contributed by atoms with van der Waals surface area (Å²) < 4.78 is 22.8. The fourth-order valence-corrected chi connectivity index (χ4v) is 4.17. The Balaban J connectivity index is 1.63. The van der Waals surface area contributed by atoms with Crippen LogP contribution < -0.4 is 5.32 Å². The molecule has 0 aromatic heterocycles. The smallest absolute Gasteiger partial charge is 0.253 e. The molecule has 28 heavy (non-hydrogen) atoms. The minimum absolute atomic E-state index is 0.0487. The van der Waals surface area contributed by atoms with Crippen LogP contribution in [-0.4, -0.2) is 44.5 Å². The van der Waals surface area contributed by atoms with E-state index in [2.05, 4.69) is 5.32 Å². The standard InChI is InChI=1S/C21H24N2O4S/c1-28(26,27)15-16-9-11-17(12-10-16)21(25)23-13-5-6-18(14-23)20(24)22-19-7-3-2-4-8-19/h2-4,7-12,18H,5-6,13-15H2,1H3,(H,22,24)/t18-/m1/s1. The third kappa shape index (κ3) is 5.42. The van der Waals surface area contributed by atoms with Gasteiger partial charge in [-0.3, -0.25) is 9.59 Å². The summed E-state index contributed by atoms with van der Waals surface area (Å²) in [6.45, 7) is 0.988. The zero-order valence-corrected chi connectivity index (χ0v) is 16.6. The van der Waals surface area contributed by atoms with E-state index in [1.165, 1.54) is 6.26 Å². The van der Waals surface area contributed by atoms with Crippen LogP contribution in [0.1, 0.15) is 28.8 Å². The van der Waals surface area contributed by atoms with E-state index in [9.17, 15) is 18.0 Å². The van der Waals surface area contributed by atoms with Crippen LogP contribution in [0.25, 0.3) is 0 Å². The molecule has 0 spiro atoms. The van der Waals surface area contributed by atoms with Crippen LogP contribution in [-0.2, 0) is 20.4 Å². The van der Waals surface area contributed by atoms with Crippen molar-refractivity contribution in [3.63, 3.8) is 0 Å². The quantitative estimate of drug-likeness (QED) is 0.836. The van der Waals surface area contributed by atoms with Gasteiger partial charge < -0.3 is 10.2 Å². The Morgan fingerprint density at radius 2 is 1.75 bits per heavy atom. The predicted octanol–water partition coefficient (Wildman–Crippen LogP) is 2.72. The van der Waals surface area contributed by atoms with E-state index in [0.29, 0.717) is 24.2 Å². The number of anilines is 1. The number of rotatable bonds is 5. The molecule has 1 saturated heterocycles. The molecule has 0 aliphatic carbocycles. The molecule has 0 saturated carbocycles. The molecule has 2 aromatic carbocycles. The number of sulfone groups is 1. The van der Waals surface area contributed by atoms with Gasteiger partial charge in [0.05, 0.1) is 11.7 Å². The molecule has 1 atom stereocenters. The van der Waals surface area contributed by atoms with Crippen LogP contribution in [0.2, 0.25) is 0 Å². The highest BCUT2D eigenvalue weighted by Crippen LogP contribution is 2.21. The number of carbonyl (C=O) groups is 2. The van der Waals surface area contributed by atoms with E-state index < -0.39 is 9.84 Å². The number of hydrogen-bond acceptors (Lipinski definition) is 4. The highest BCUT2D eigenvalue weighted by molar-refractivity contribution is 7.89. The van der Waals surface area contributed by atoms with Crippen molar-refractivity contribution in [2.75, 3.05) is 24.7 Å². The second kappa shape index (κ2) is 8.56. The number of nitrogens with one attached hydrogen (secondary N) is 1. The molecule has 1 aliphatic heterocycles. The maximum absolute atomic E-state index is 12.8. The van der Waals surface area contributed by atoms with Crippen LogP contribution in [0, 0.1) is 5.92 Å². The molecule has 1 heterocycles. The first-order chi connectivity index (χ1) is 13.3. The highest BCUT2D eigenvalue weighted by Gasteiger charge is 2.29. The second-order valence-electron chi connectivity index (χ2n) is 7.21. The first kappa shape index (κ1) is 20.1. The first-order valence-electron chi connectivity index (χ1n) is 9.24. The lowest BCUT2D eigenvalue weighted by atomic mass is 9.96. The Hall–Kier alpha value is -2.67. The van der Waals surface area contributed by atoms with Crippen molar-refractivity contribution >= 4 is 27.3 Å². The predicted molar refractivity (Wildman–Crippen MR) is 109 cm³/mol. The number of carbonyl (C=O) groups excluding carboxylic acids is 2. The average Bonchev–Trinajstić information content (AvgIpc) is 2.68. The summed E-state index contributed by atoms with van der Waals surface area (Å²) in [4.78, 5) is 27.0. The van der Waals surface area contributed by atoms with Gasteiger partial charge in [0.1, 0.15) is 0 Å². The summed E-state index contributed by atoms with van der Waals surface area (Å²) in [5, 5.41) is 2.91. The van der Waals surface area contributed by atoms with Gasteiger partial charge in [0, 0.05) is 30.6 Å². The minimum atomic E-state index is -3.11. The number of benzene rings is 2. The summed E-state index contributed by atoms with van der Waals surface area (Å²) >= 11 is 0. The topological polar surface area (TPSA) is 83.6 Å². The van der Waals surface area contributed by atoms with Crippen LogP contribution in [0.4, 0.5) is 5.69 Å². The highest BCUT2D eigenvalue weighted by atomic mass is 32.2. The number of hydrogen-bond donors (Lipinski definition) is 1. The Bertz CT molecular complexity index is 940. The van der Waals surface area contributed by atoms with Gasteiger partial charge in [-0.2, -0.15) is 0 Å². The molecule has 2 aromatic rings. The molecule has 2 amide bonds. The largest absolute Gasteiger partial charge is 0.338 e. The van der Waals surface area contributed by atoms with Crippen LogP contribution >= 0.6 is 0 Å². The molecule has 0 bridgehead atoms. The van der Waals surface area contributed by atoms with Crippen LogP contribution in [0.15, 0.2) is 54.6 Å². The van der Waals surface area contributed by atoms with Crippen molar-refractivity contribution in [2.24, 2.45) is 5.92 Å². The molecule has 1 N–H and O–H groups in total. The van der Waals surface area contributed by atoms with Gasteiger partial charge in [-0.25, -0.2) is 8.42 Å². The van der Waals surface area contributed by atoms with Gasteiger partial charge in [0.25, 0.3) is 5.91 Å². The normalized spacial score (nSPS) is 17.2. The monoisotopic (exact) mass is 400 g/mol. The lowest BCUT2D eigenvalue weighted by Crippen LogP contribution is -2.43. The lowest BCUT2D eigenvalue weighted by Gasteiger charge is -2.32.